The van der Waals surface area contributed by atoms with Crippen LogP contribution in [0, 0.1) is 6.92 Å². The quantitative estimate of drug-likeness (QED) is 0.420. The van der Waals surface area contributed by atoms with Crippen molar-refractivity contribution in [3.8, 4) is 22.4 Å². The van der Waals surface area contributed by atoms with Crippen molar-refractivity contribution < 1.29 is 0 Å². The van der Waals surface area contributed by atoms with Gasteiger partial charge in [-0.3, -0.25) is 4.79 Å². The number of nitrogens with zero attached hydrogens (tertiary/aromatic N) is 2. The van der Waals surface area contributed by atoms with E-state index in [9.17, 15) is 4.79 Å². The number of H-pyrrole nitrogens is 1. The average Bonchev–Trinajstić information content (AvgIpc) is 3.51. The highest BCUT2D eigenvalue weighted by molar-refractivity contribution is 8.00. The molecule has 4 aromatic rings. The Balaban J connectivity index is 1.93. The fourth-order valence-corrected chi connectivity index (χ4v) is 5.10. The summed E-state index contributed by atoms with van der Waals surface area (Å²) in [6.45, 7) is 1.92. The van der Waals surface area contributed by atoms with Gasteiger partial charge in [0.1, 0.15) is 10.8 Å². The second-order valence-electron chi connectivity index (χ2n) is 7.23. The molecule has 0 unspecified atom stereocenters. The van der Waals surface area contributed by atoms with Crippen molar-refractivity contribution in [3.63, 3.8) is 0 Å². The zero-order chi connectivity index (χ0) is 20.0. The molecule has 0 radical (unpaired) electrons. The summed E-state index contributed by atoms with van der Waals surface area (Å²) in [4.78, 5) is 26.2. The Hall–Kier alpha value is -2.63. The fraction of sp³-hybridized carbons (Fsp3) is 0.174. The van der Waals surface area contributed by atoms with Gasteiger partial charge in [-0.05, 0) is 37.5 Å². The predicted octanol–water partition coefficient (Wildman–Crippen LogP) is 5.87. The van der Waals surface area contributed by atoms with Gasteiger partial charge in [-0.15, -0.1) is 11.8 Å². The Morgan fingerprint density at radius 2 is 1.86 bits per heavy atom. The van der Waals surface area contributed by atoms with Gasteiger partial charge in [0.05, 0.1) is 11.1 Å². The number of pyridine rings is 3. The first-order chi connectivity index (χ1) is 14.1. The van der Waals surface area contributed by atoms with E-state index in [1.165, 1.54) is 0 Å². The highest BCUT2D eigenvalue weighted by atomic mass is 35.5. The lowest BCUT2D eigenvalue weighted by molar-refractivity contribution is 1.19. The van der Waals surface area contributed by atoms with Crippen LogP contribution in [0.1, 0.15) is 18.5 Å². The van der Waals surface area contributed by atoms with E-state index < -0.39 is 0 Å². The molecule has 4 nitrogen and oxygen atoms in total. The third kappa shape index (κ3) is 3.56. The molecule has 0 saturated heterocycles. The minimum Gasteiger partial charge on any atom is -0.346 e. The number of hydrogen-bond acceptors (Lipinski definition) is 4. The molecule has 1 aliphatic rings. The maximum atomic E-state index is 12.9. The third-order valence-electron chi connectivity index (χ3n) is 4.92. The first-order valence-corrected chi connectivity index (χ1v) is 10.8. The van der Waals surface area contributed by atoms with Gasteiger partial charge < -0.3 is 4.98 Å². The molecule has 1 aliphatic carbocycles. The number of rotatable bonds is 4. The number of aromatic nitrogens is 3. The van der Waals surface area contributed by atoms with Crippen LogP contribution in [-0.4, -0.2) is 20.2 Å². The minimum atomic E-state index is -0.0212. The number of halogens is 1. The van der Waals surface area contributed by atoms with Crippen LogP contribution in [-0.2, 0) is 0 Å². The van der Waals surface area contributed by atoms with Gasteiger partial charge in [-0.25, -0.2) is 9.97 Å². The lowest BCUT2D eigenvalue weighted by Crippen LogP contribution is -2.07. The Bertz CT molecular complexity index is 1260. The number of hydrogen-bond donors (Lipinski definition) is 1. The summed E-state index contributed by atoms with van der Waals surface area (Å²) < 4.78 is 0. The fourth-order valence-electron chi connectivity index (χ4n) is 3.49. The predicted molar refractivity (Wildman–Crippen MR) is 120 cm³/mol. The highest BCUT2D eigenvalue weighted by Gasteiger charge is 2.28. The molecule has 1 fully saturated rings. The number of nitrogens with one attached hydrogen (secondary N) is 1. The molecule has 0 spiro atoms. The molecule has 29 heavy (non-hydrogen) atoms. The molecule has 144 valence electrons. The van der Waals surface area contributed by atoms with E-state index in [-0.39, 0.29) is 5.43 Å². The lowest BCUT2D eigenvalue weighted by Gasteiger charge is -2.17. The molecule has 3 heterocycles. The first kappa shape index (κ1) is 18.4. The minimum absolute atomic E-state index is 0.0212. The van der Waals surface area contributed by atoms with Crippen molar-refractivity contribution in [2.45, 2.75) is 29.9 Å². The zero-order valence-electron chi connectivity index (χ0n) is 15.8. The smallest absolute Gasteiger partial charge is 0.192 e. The number of fused-ring (bicyclic) bond motifs is 1. The van der Waals surface area contributed by atoms with Gasteiger partial charge in [0.25, 0.3) is 0 Å². The molecule has 1 saturated carbocycles. The van der Waals surface area contributed by atoms with Crippen molar-refractivity contribution in [1.29, 1.82) is 0 Å². The van der Waals surface area contributed by atoms with Crippen LogP contribution < -0.4 is 5.43 Å². The Morgan fingerprint density at radius 1 is 1.07 bits per heavy atom. The summed E-state index contributed by atoms with van der Waals surface area (Å²) in [5.41, 5.74) is 5.14. The molecule has 0 bridgehead atoms. The molecular formula is C23H18ClN3OS. The van der Waals surface area contributed by atoms with Gasteiger partial charge in [-0.2, -0.15) is 0 Å². The second-order valence-corrected chi connectivity index (χ2v) is 8.93. The third-order valence-corrected chi connectivity index (χ3v) is 6.56. The summed E-state index contributed by atoms with van der Waals surface area (Å²) in [6.07, 6.45) is 3.98. The zero-order valence-corrected chi connectivity index (χ0v) is 17.3. The average molecular weight is 420 g/mol. The number of thioether (sulfide) groups is 1. The van der Waals surface area contributed by atoms with Crippen molar-refractivity contribution in [1.82, 2.24) is 15.0 Å². The van der Waals surface area contributed by atoms with Crippen LogP contribution in [0.3, 0.4) is 0 Å². The maximum absolute atomic E-state index is 12.9. The van der Waals surface area contributed by atoms with Crippen LogP contribution >= 0.6 is 23.4 Å². The van der Waals surface area contributed by atoms with Gasteiger partial charge in [0.15, 0.2) is 5.43 Å². The van der Waals surface area contributed by atoms with Crippen LogP contribution in [0.5, 0.6) is 0 Å². The first-order valence-electron chi connectivity index (χ1n) is 9.52. The summed E-state index contributed by atoms with van der Waals surface area (Å²) in [5, 5.41) is 1.61. The van der Waals surface area contributed by atoms with Crippen molar-refractivity contribution in [2.24, 2.45) is 0 Å². The molecule has 0 aliphatic heterocycles. The van der Waals surface area contributed by atoms with E-state index in [1.807, 2.05) is 49.4 Å². The van der Waals surface area contributed by atoms with Crippen LogP contribution in [0.25, 0.3) is 33.4 Å². The molecule has 5 rings (SSSR count). The second kappa shape index (κ2) is 7.32. The summed E-state index contributed by atoms with van der Waals surface area (Å²) in [5.74, 6) is 0. The lowest BCUT2D eigenvalue weighted by atomic mass is 9.98. The number of aryl methyl sites for hydroxylation is 1. The number of aromatic amines is 1. The standard InChI is InChI=1S/C23H18ClN3OS/c1-13-11-15(12-18(24)26-13)19-21(14-5-3-2-4-6-14)27-23-20(17(28)9-10-25-23)22(19)29-16-7-8-16/h2-6,9-12,16H,7-8H2,1H3,(H,25,27,28). The van der Waals surface area contributed by atoms with Crippen molar-refractivity contribution >= 4 is 34.4 Å². The van der Waals surface area contributed by atoms with Crippen molar-refractivity contribution in [3.05, 3.63) is 75.8 Å². The molecular weight excluding hydrogens is 402 g/mol. The molecule has 6 heteroatoms. The molecule has 1 N–H and O–H groups in total. The van der Waals surface area contributed by atoms with Crippen LogP contribution in [0.2, 0.25) is 5.15 Å². The SMILES string of the molecule is Cc1cc(-c2c(-c3ccccc3)nc3[nH]ccc(=O)c3c2SC2CC2)cc(Cl)n1. The van der Waals surface area contributed by atoms with E-state index in [0.717, 1.165) is 45.8 Å². The Morgan fingerprint density at radius 3 is 2.59 bits per heavy atom. The molecule has 1 aromatic carbocycles. The van der Waals surface area contributed by atoms with Crippen LogP contribution in [0.15, 0.2) is 64.4 Å². The highest BCUT2D eigenvalue weighted by Crippen LogP contribution is 2.48. The molecule has 0 atom stereocenters. The van der Waals surface area contributed by atoms with Gasteiger partial charge in [-0.1, -0.05) is 41.9 Å². The van der Waals surface area contributed by atoms with Crippen molar-refractivity contribution in [2.75, 3.05) is 0 Å². The number of benzene rings is 1. The summed E-state index contributed by atoms with van der Waals surface area (Å²) in [7, 11) is 0. The van der Waals surface area contributed by atoms with Gasteiger partial charge in [0, 0.05) is 39.2 Å². The molecule has 0 amide bonds. The summed E-state index contributed by atoms with van der Waals surface area (Å²) >= 11 is 8.08. The van der Waals surface area contributed by atoms with Gasteiger partial charge in [0.2, 0.25) is 0 Å². The largest absolute Gasteiger partial charge is 0.346 e. The van der Waals surface area contributed by atoms with E-state index in [1.54, 1.807) is 24.0 Å². The van der Waals surface area contributed by atoms with Crippen LogP contribution in [0.4, 0.5) is 0 Å². The van der Waals surface area contributed by atoms with E-state index in [4.69, 9.17) is 16.6 Å². The van der Waals surface area contributed by atoms with E-state index in [0.29, 0.717) is 21.4 Å². The molecule has 3 aromatic heterocycles. The summed E-state index contributed by atoms with van der Waals surface area (Å²) in [6, 6.07) is 15.5. The normalized spacial score (nSPS) is 13.7. The van der Waals surface area contributed by atoms with E-state index in [2.05, 4.69) is 9.97 Å². The Labute approximate surface area is 177 Å². The maximum Gasteiger partial charge on any atom is 0.192 e. The van der Waals surface area contributed by atoms with Gasteiger partial charge >= 0.3 is 0 Å². The monoisotopic (exact) mass is 419 g/mol. The van der Waals surface area contributed by atoms with E-state index >= 15 is 0 Å². The Kier molecular flexibility index (Phi) is 4.64. The topological polar surface area (TPSA) is 58.6 Å².